The summed E-state index contributed by atoms with van der Waals surface area (Å²) >= 11 is 6.06. The van der Waals surface area contributed by atoms with Gasteiger partial charge in [-0.25, -0.2) is 0 Å². The molecule has 1 aromatic carbocycles. The Hall–Kier alpha value is -0.570. The lowest BCUT2D eigenvalue weighted by atomic mass is 10.0. The van der Waals surface area contributed by atoms with E-state index in [-0.39, 0.29) is 0 Å². The first-order chi connectivity index (χ1) is 7.79. The van der Waals surface area contributed by atoms with E-state index in [1.165, 1.54) is 11.1 Å². The van der Waals surface area contributed by atoms with Crippen LogP contribution in [0.3, 0.4) is 0 Å². The summed E-state index contributed by atoms with van der Waals surface area (Å²) in [5, 5.41) is 4.22. The van der Waals surface area contributed by atoms with Crippen molar-refractivity contribution in [3.8, 4) is 0 Å². The first-order valence-electron chi connectivity index (χ1n) is 6.00. The van der Waals surface area contributed by atoms with Gasteiger partial charge in [-0.2, -0.15) is 0 Å². The highest BCUT2D eigenvalue weighted by molar-refractivity contribution is 6.30. The van der Waals surface area contributed by atoms with Crippen LogP contribution in [0, 0.1) is 0 Å². The van der Waals surface area contributed by atoms with Gasteiger partial charge in [-0.3, -0.25) is 4.90 Å². The van der Waals surface area contributed by atoms with Crippen LogP contribution in [0.15, 0.2) is 18.2 Å². The summed E-state index contributed by atoms with van der Waals surface area (Å²) in [5.74, 6) is 0. The van der Waals surface area contributed by atoms with Crippen molar-refractivity contribution in [3.63, 3.8) is 0 Å². The largest absolute Gasteiger partial charge is 0.314 e. The van der Waals surface area contributed by atoms with Crippen molar-refractivity contribution in [2.75, 3.05) is 26.2 Å². The molecule has 1 saturated heterocycles. The number of nitrogens with one attached hydrogen (secondary N) is 1. The molecule has 0 radical (unpaired) electrons. The van der Waals surface area contributed by atoms with Crippen molar-refractivity contribution in [2.45, 2.75) is 19.9 Å². The van der Waals surface area contributed by atoms with E-state index in [9.17, 15) is 0 Å². The summed E-state index contributed by atoms with van der Waals surface area (Å²) in [4.78, 5) is 2.49. The molecule has 1 heterocycles. The Kier molecular flexibility index (Phi) is 4.22. The third kappa shape index (κ3) is 2.97. The topological polar surface area (TPSA) is 15.3 Å². The fourth-order valence-corrected chi connectivity index (χ4v) is 2.39. The van der Waals surface area contributed by atoms with Gasteiger partial charge < -0.3 is 5.32 Å². The molecule has 0 atom stereocenters. The van der Waals surface area contributed by atoms with Crippen molar-refractivity contribution >= 4 is 11.6 Å². The van der Waals surface area contributed by atoms with E-state index in [2.05, 4.69) is 29.3 Å². The molecular formula is C13H19ClN2. The molecule has 0 saturated carbocycles. The molecule has 0 bridgehead atoms. The molecule has 1 aliphatic heterocycles. The third-order valence-electron chi connectivity index (χ3n) is 3.15. The minimum absolute atomic E-state index is 0.849. The normalized spacial score (nSPS) is 17.6. The number of hydrogen-bond acceptors (Lipinski definition) is 2. The molecule has 3 heteroatoms. The lowest BCUT2D eigenvalue weighted by Crippen LogP contribution is -2.43. The molecular weight excluding hydrogens is 220 g/mol. The number of nitrogens with zero attached hydrogens (tertiary/aromatic N) is 1. The second-order valence-corrected chi connectivity index (χ2v) is 4.73. The fourth-order valence-electron chi connectivity index (χ4n) is 2.20. The van der Waals surface area contributed by atoms with Crippen LogP contribution in [0.2, 0.25) is 5.02 Å². The molecule has 0 amide bonds. The van der Waals surface area contributed by atoms with Gasteiger partial charge in [0.15, 0.2) is 0 Å². The minimum atomic E-state index is 0.849. The maximum absolute atomic E-state index is 6.06. The predicted molar refractivity (Wildman–Crippen MR) is 69.0 cm³/mol. The Morgan fingerprint density at radius 1 is 1.25 bits per heavy atom. The van der Waals surface area contributed by atoms with E-state index in [1.54, 1.807) is 0 Å². The quantitative estimate of drug-likeness (QED) is 0.870. The zero-order valence-electron chi connectivity index (χ0n) is 9.80. The van der Waals surface area contributed by atoms with Crippen LogP contribution < -0.4 is 5.32 Å². The molecule has 16 heavy (non-hydrogen) atoms. The number of benzene rings is 1. The van der Waals surface area contributed by atoms with Gasteiger partial charge in [0.05, 0.1) is 0 Å². The minimum Gasteiger partial charge on any atom is -0.314 e. The first kappa shape index (κ1) is 11.9. The van der Waals surface area contributed by atoms with Gasteiger partial charge in [0, 0.05) is 37.7 Å². The van der Waals surface area contributed by atoms with Crippen LogP contribution in [0.5, 0.6) is 0 Å². The van der Waals surface area contributed by atoms with Gasteiger partial charge in [0.1, 0.15) is 0 Å². The van der Waals surface area contributed by atoms with Gasteiger partial charge in [-0.05, 0) is 29.7 Å². The molecule has 0 unspecified atom stereocenters. The van der Waals surface area contributed by atoms with Crippen LogP contribution in [0.25, 0.3) is 0 Å². The SMILES string of the molecule is CCc1ccc(Cl)cc1CN1CCNCC1. The van der Waals surface area contributed by atoms with Gasteiger partial charge in [-0.1, -0.05) is 24.6 Å². The predicted octanol–water partition coefficient (Wildman–Crippen LogP) is 2.31. The number of rotatable bonds is 3. The van der Waals surface area contributed by atoms with E-state index in [1.807, 2.05) is 6.07 Å². The average Bonchev–Trinajstić information content (AvgIpc) is 2.31. The zero-order chi connectivity index (χ0) is 11.4. The monoisotopic (exact) mass is 238 g/mol. The molecule has 1 fully saturated rings. The summed E-state index contributed by atoms with van der Waals surface area (Å²) < 4.78 is 0. The first-order valence-corrected chi connectivity index (χ1v) is 6.37. The van der Waals surface area contributed by atoms with Gasteiger partial charge >= 0.3 is 0 Å². The smallest absolute Gasteiger partial charge is 0.0409 e. The fraction of sp³-hybridized carbons (Fsp3) is 0.538. The van der Waals surface area contributed by atoms with Crippen molar-refractivity contribution in [3.05, 3.63) is 34.3 Å². The van der Waals surface area contributed by atoms with Gasteiger partial charge in [0.2, 0.25) is 0 Å². The standard InChI is InChI=1S/C13H19ClN2/c1-2-11-3-4-13(14)9-12(11)10-16-7-5-15-6-8-16/h3-4,9,15H,2,5-8,10H2,1H3. The number of halogens is 1. The van der Waals surface area contributed by atoms with Crippen LogP contribution in [-0.2, 0) is 13.0 Å². The van der Waals surface area contributed by atoms with E-state index in [4.69, 9.17) is 11.6 Å². The average molecular weight is 239 g/mol. The Bertz CT molecular complexity index is 346. The lowest BCUT2D eigenvalue weighted by molar-refractivity contribution is 0.232. The highest BCUT2D eigenvalue weighted by Crippen LogP contribution is 2.18. The van der Waals surface area contributed by atoms with Crippen LogP contribution in [0.4, 0.5) is 0 Å². The summed E-state index contributed by atoms with van der Waals surface area (Å²) in [6, 6.07) is 6.25. The van der Waals surface area contributed by atoms with Crippen LogP contribution in [-0.4, -0.2) is 31.1 Å². The summed E-state index contributed by atoms with van der Waals surface area (Å²) in [6.07, 6.45) is 1.08. The molecule has 1 aliphatic rings. The van der Waals surface area contributed by atoms with Crippen molar-refractivity contribution in [2.24, 2.45) is 0 Å². The van der Waals surface area contributed by atoms with Crippen LogP contribution in [0.1, 0.15) is 18.1 Å². The second kappa shape index (κ2) is 5.67. The van der Waals surface area contributed by atoms with E-state index in [0.29, 0.717) is 0 Å². The van der Waals surface area contributed by atoms with E-state index >= 15 is 0 Å². The highest BCUT2D eigenvalue weighted by Gasteiger charge is 2.11. The maximum atomic E-state index is 6.06. The summed E-state index contributed by atoms with van der Waals surface area (Å²) in [6.45, 7) is 7.70. The Balaban J connectivity index is 2.09. The Morgan fingerprint density at radius 3 is 2.69 bits per heavy atom. The van der Waals surface area contributed by atoms with Crippen LogP contribution >= 0.6 is 11.6 Å². The molecule has 0 aromatic heterocycles. The molecule has 0 spiro atoms. The van der Waals surface area contributed by atoms with Gasteiger partial charge in [-0.15, -0.1) is 0 Å². The van der Waals surface area contributed by atoms with Crippen molar-refractivity contribution in [1.29, 1.82) is 0 Å². The summed E-state index contributed by atoms with van der Waals surface area (Å²) in [7, 11) is 0. The van der Waals surface area contributed by atoms with Crippen molar-refractivity contribution < 1.29 is 0 Å². The highest BCUT2D eigenvalue weighted by atomic mass is 35.5. The molecule has 88 valence electrons. The van der Waals surface area contributed by atoms with Crippen molar-refractivity contribution in [1.82, 2.24) is 10.2 Å². The Morgan fingerprint density at radius 2 is 2.00 bits per heavy atom. The lowest BCUT2D eigenvalue weighted by Gasteiger charge is -2.28. The molecule has 2 nitrogen and oxygen atoms in total. The number of hydrogen-bond donors (Lipinski definition) is 1. The molecule has 2 rings (SSSR count). The number of aryl methyl sites for hydroxylation is 1. The van der Waals surface area contributed by atoms with E-state index < -0.39 is 0 Å². The Labute approximate surface area is 103 Å². The molecule has 1 N–H and O–H groups in total. The third-order valence-corrected chi connectivity index (χ3v) is 3.39. The second-order valence-electron chi connectivity index (χ2n) is 4.29. The molecule has 1 aromatic rings. The van der Waals surface area contributed by atoms with Gasteiger partial charge in [0.25, 0.3) is 0 Å². The molecule has 0 aliphatic carbocycles. The zero-order valence-corrected chi connectivity index (χ0v) is 10.6. The summed E-state index contributed by atoms with van der Waals surface area (Å²) in [5.41, 5.74) is 2.81. The number of piperazine rings is 1. The maximum Gasteiger partial charge on any atom is 0.0409 e. The van der Waals surface area contributed by atoms with E-state index in [0.717, 1.165) is 44.2 Å².